The molecule has 2 atom stereocenters. The fourth-order valence-corrected chi connectivity index (χ4v) is 3.75. The molecule has 5 heteroatoms. The molecule has 1 aliphatic carbocycles. The third-order valence-corrected chi connectivity index (χ3v) is 4.76. The summed E-state index contributed by atoms with van der Waals surface area (Å²) in [7, 11) is 0. The van der Waals surface area contributed by atoms with Gasteiger partial charge in [0, 0.05) is 18.0 Å². The Labute approximate surface area is 123 Å². The van der Waals surface area contributed by atoms with Crippen LogP contribution in [-0.4, -0.2) is 28.4 Å². The normalized spacial score (nSPS) is 23.8. The number of nitrogens with zero attached hydrogens (tertiary/aromatic N) is 2. The molecular formula is C16H18N4O. The Morgan fingerprint density at radius 3 is 2.90 bits per heavy atom. The third kappa shape index (κ3) is 1.96. The molecule has 2 unspecified atom stereocenters. The van der Waals surface area contributed by atoms with E-state index in [1.165, 1.54) is 6.42 Å². The third-order valence-electron chi connectivity index (χ3n) is 4.76. The number of hydrogen-bond donors (Lipinski definition) is 2. The smallest absolute Gasteiger partial charge is 0.254 e. The first-order valence-corrected chi connectivity index (χ1v) is 7.43. The van der Waals surface area contributed by atoms with E-state index in [2.05, 4.69) is 10.4 Å². The summed E-state index contributed by atoms with van der Waals surface area (Å²) in [6, 6.07) is 9.89. The molecule has 2 fully saturated rings. The van der Waals surface area contributed by atoms with Crippen molar-refractivity contribution in [3.8, 4) is 0 Å². The molecule has 0 radical (unpaired) electrons. The summed E-state index contributed by atoms with van der Waals surface area (Å²) >= 11 is 0. The Morgan fingerprint density at radius 2 is 2.19 bits per heavy atom. The first kappa shape index (κ1) is 12.6. The summed E-state index contributed by atoms with van der Waals surface area (Å²) in [5.41, 5.74) is 4.04. The zero-order chi connectivity index (χ0) is 14.4. The number of rotatable bonds is 2. The van der Waals surface area contributed by atoms with Gasteiger partial charge in [-0.3, -0.25) is 4.79 Å². The van der Waals surface area contributed by atoms with Gasteiger partial charge in [-0.15, -0.1) is 0 Å². The van der Waals surface area contributed by atoms with Gasteiger partial charge in [-0.2, -0.15) is 0 Å². The molecule has 2 bridgehead atoms. The number of pyridine rings is 1. The molecule has 21 heavy (non-hydrogen) atoms. The average Bonchev–Trinajstić information content (AvgIpc) is 3.16. The van der Waals surface area contributed by atoms with Crippen LogP contribution >= 0.6 is 0 Å². The largest absolute Gasteiger partial charge is 0.335 e. The molecule has 5 nitrogen and oxygen atoms in total. The second kappa shape index (κ2) is 4.70. The van der Waals surface area contributed by atoms with Crippen molar-refractivity contribution >= 4 is 22.6 Å². The lowest BCUT2D eigenvalue weighted by molar-refractivity contribution is 0.0705. The van der Waals surface area contributed by atoms with Gasteiger partial charge in [0.05, 0.1) is 11.1 Å². The Morgan fingerprint density at radius 1 is 1.33 bits per heavy atom. The summed E-state index contributed by atoms with van der Waals surface area (Å²) in [6.07, 6.45) is 3.57. The van der Waals surface area contributed by atoms with Gasteiger partial charge in [-0.25, -0.2) is 10.8 Å². The van der Waals surface area contributed by atoms with Crippen molar-refractivity contribution in [3.63, 3.8) is 0 Å². The lowest BCUT2D eigenvalue weighted by atomic mass is 10.1. The van der Waals surface area contributed by atoms with Crippen molar-refractivity contribution in [3.05, 3.63) is 35.9 Å². The molecule has 2 aliphatic rings. The van der Waals surface area contributed by atoms with Crippen LogP contribution in [0.5, 0.6) is 0 Å². The maximum absolute atomic E-state index is 12.9. The summed E-state index contributed by atoms with van der Waals surface area (Å²) < 4.78 is 0. The Hall–Kier alpha value is -2.14. The minimum absolute atomic E-state index is 0.109. The Bertz CT molecular complexity index is 714. The number of nitrogens with two attached hydrogens (primary N) is 1. The second-order valence-corrected chi connectivity index (χ2v) is 6.01. The number of para-hydroxylation sites is 1. The summed E-state index contributed by atoms with van der Waals surface area (Å²) in [4.78, 5) is 19.4. The predicted molar refractivity (Wildman–Crippen MR) is 81.7 cm³/mol. The van der Waals surface area contributed by atoms with E-state index in [9.17, 15) is 4.79 Å². The van der Waals surface area contributed by atoms with Crippen LogP contribution in [0, 0.1) is 5.92 Å². The fraction of sp³-hybridized carbons (Fsp3) is 0.375. The minimum Gasteiger partial charge on any atom is -0.335 e. The van der Waals surface area contributed by atoms with Gasteiger partial charge >= 0.3 is 0 Å². The van der Waals surface area contributed by atoms with E-state index < -0.39 is 0 Å². The number of benzene rings is 1. The van der Waals surface area contributed by atoms with Crippen molar-refractivity contribution < 1.29 is 4.79 Å². The molecule has 1 amide bonds. The second-order valence-electron chi connectivity index (χ2n) is 6.01. The first-order valence-electron chi connectivity index (χ1n) is 7.43. The van der Waals surface area contributed by atoms with Gasteiger partial charge in [0.25, 0.3) is 5.91 Å². The highest BCUT2D eigenvalue weighted by atomic mass is 16.2. The number of carbonyl (C=O) groups is 1. The number of hydrogen-bond acceptors (Lipinski definition) is 4. The molecule has 1 saturated heterocycles. The molecule has 0 spiro atoms. The Balaban J connectivity index is 1.80. The van der Waals surface area contributed by atoms with E-state index in [0.29, 0.717) is 23.3 Å². The number of amides is 1. The number of nitrogen functional groups attached to an aromatic ring is 1. The highest BCUT2D eigenvalue weighted by Crippen LogP contribution is 2.38. The number of carbonyl (C=O) groups excluding carboxylic acids is 1. The van der Waals surface area contributed by atoms with Crippen molar-refractivity contribution in [1.82, 2.24) is 9.88 Å². The quantitative estimate of drug-likeness (QED) is 0.654. The lowest BCUT2D eigenvalue weighted by Crippen LogP contribution is -2.37. The summed E-state index contributed by atoms with van der Waals surface area (Å²) in [5.74, 6) is 6.82. The van der Waals surface area contributed by atoms with Crippen LogP contribution in [-0.2, 0) is 0 Å². The molecule has 4 rings (SSSR count). The van der Waals surface area contributed by atoms with Crippen molar-refractivity contribution in [1.29, 1.82) is 0 Å². The van der Waals surface area contributed by atoms with Crippen molar-refractivity contribution in [2.24, 2.45) is 11.8 Å². The monoisotopic (exact) mass is 282 g/mol. The van der Waals surface area contributed by atoms with E-state index in [4.69, 9.17) is 5.84 Å². The van der Waals surface area contributed by atoms with Crippen LogP contribution < -0.4 is 11.3 Å². The zero-order valence-electron chi connectivity index (χ0n) is 11.7. The molecule has 108 valence electrons. The molecule has 1 aliphatic heterocycles. The van der Waals surface area contributed by atoms with Gasteiger partial charge in [0.2, 0.25) is 0 Å². The Kier molecular flexibility index (Phi) is 2.82. The number of fused-ring (bicyclic) bond motifs is 3. The molecule has 2 heterocycles. The summed E-state index contributed by atoms with van der Waals surface area (Å²) in [6.45, 7) is 0.894. The maximum Gasteiger partial charge on any atom is 0.254 e. The van der Waals surface area contributed by atoms with Gasteiger partial charge in [-0.05, 0) is 37.3 Å². The van der Waals surface area contributed by atoms with Crippen LogP contribution in [0.2, 0.25) is 0 Å². The zero-order valence-corrected chi connectivity index (χ0v) is 11.7. The van der Waals surface area contributed by atoms with E-state index in [0.717, 1.165) is 30.3 Å². The lowest BCUT2D eigenvalue weighted by Gasteiger charge is -2.27. The minimum atomic E-state index is 0.109. The van der Waals surface area contributed by atoms with E-state index >= 15 is 0 Å². The number of anilines is 1. The van der Waals surface area contributed by atoms with Crippen LogP contribution in [0.25, 0.3) is 10.9 Å². The first-order chi connectivity index (χ1) is 10.3. The SMILES string of the molecule is NNc1cc(C(=O)N2CC3CCC2C3)c2ccccc2n1. The standard InChI is InChI=1S/C16H18N4O/c17-19-15-8-13(12-3-1-2-4-14(12)18-15)16(21)20-9-10-5-6-11(20)7-10/h1-4,8,10-11H,5-7,9,17H2,(H,18,19). The maximum atomic E-state index is 12.9. The fourth-order valence-electron chi connectivity index (χ4n) is 3.75. The number of piperidine rings is 1. The van der Waals surface area contributed by atoms with Crippen molar-refractivity contribution in [2.45, 2.75) is 25.3 Å². The highest BCUT2D eigenvalue weighted by molar-refractivity contribution is 6.07. The van der Waals surface area contributed by atoms with Gasteiger partial charge < -0.3 is 10.3 Å². The molecule has 1 aromatic heterocycles. The molecule has 1 aromatic carbocycles. The van der Waals surface area contributed by atoms with Gasteiger partial charge in [0.15, 0.2) is 0 Å². The van der Waals surface area contributed by atoms with Gasteiger partial charge in [-0.1, -0.05) is 18.2 Å². The molecule has 3 N–H and O–H groups in total. The van der Waals surface area contributed by atoms with Crippen LogP contribution in [0.3, 0.4) is 0 Å². The molecule has 1 saturated carbocycles. The number of nitrogens with one attached hydrogen (secondary N) is 1. The van der Waals surface area contributed by atoms with Crippen LogP contribution in [0.1, 0.15) is 29.6 Å². The predicted octanol–water partition coefficient (Wildman–Crippen LogP) is 2.14. The topological polar surface area (TPSA) is 71.2 Å². The van der Waals surface area contributed by atoms with E-state index in [1.807, 2.05) is 29.2 Å². The highest BCUT2D eigenvalue weighted by Gasteiger charge is 2.40. The number of aromatic nitrogens is 1. The van der Waals surface area contributed by atoms with Crippen LogP contribution in [0.4, 0.5) is 5.82 Å². The molecule has 2 aromatic rings. The summed E-state index contributed by atoms with van der Waals surface area (Å²) in [5, 5.41) is 0.893. The number of hydrazine groups is 1. The number of likely N-dealkylation sites (tertiary alicyclic amines) is 1. The van der Waals surface area contributed by atoms with Crippen molar-refractivity contribution in [2.75, 3.05) is 12.0 Å². The average molecular weight is 282 g/mol. The van der Waals surface area contributed by atoms with Crippen LogP contribution in [0.15, 0.2) is 30.3 Å². The van der Waals surface area contributed by atoms with Gasteiger partial charge in [0.1, 0.15) is 5.82 Å². The van der Waals surface area contributed by atoms with E-state index in [1.54, 1.807) is 6.07 Å². The molecular weight excluding hydrogens is 264 g/mol. The van der Waals surface area contributed by atoms with E-state index in [-0.39, 0.29) is 5.91 Å².